The SMILES string of the molecule is C/C=C\c1nc(C2C=CC(C3=CC4c5c(cccc5-c5nc(-c6ccccc6)nc(-c6ccccc6)n5)CC4C=C3)=CC2)ccc1C. The third-order valence-corrected chi connectivity index (χ3v) is 9.56. The smallest absolute Gasteiger partial charge is 0.164 e. The van der Waals surface area contributed by atoms with Crippen LogP contribution in [0.2, 0.25) is 0 Å². The molecule has 0 amide bonds. The van der Waals surface area contributed by atoms with Gasteiger partial charge < -0.3 is 0 Å². The summed E-state index contributed by atoms with van der Waals surface area (Å²) >= 11 is 0. The first kappa shape index (κ1) is 29.0. The van der Waals surface area contributed by atoms with Crippen LogP contribution in [0.1, 0.15) is 53.3 Å². The molecule has 3 aromatic carbocycles. The average molecular weight is 609 g/mol. The highest BCUT2D eigenvalue weighted by molar-refractivity contribution is 5.71. The lowest BCUT2D eigenvalue weighted by atomic mass is 9.81. The molecule has 4 nitrogen and oxygen atoms in total. The van der Waals surface area contributed by atoms with Gasteiger partial charge in [0, 0.05) is 34.2 Å². The maximum absolute atomic E-state index is 5.09. The highest BCUT2D eigenvalue weighted by Gasteiger charge is 2.35. The Bertz CT molecular complexity index is 2060. The zero-order valence-electron chi connectivity index (χ0n) is 26.7. The van der Waals surface area contributed by atoms with E-state index in [1.54, 1.807) is 0 Å². The Morgan fingerprint density at radius 1 is 0.681 bits per heavy atom. The van der Waals surface area contributed by atoms with E-state index in [1.807, 2.05) is 43.3 Å². The Balaban J connectivity index is 1.14. The quantitative estimate of drug-likeness (QED) is 0.192. The van der Waals surface area contributed by atoms with Gasteiger partial charge in [0.15, 0.2) is 17.5 Å². The van der Waals surface area contributed by atoms with Crippen molar-refractivity contribution in [2.45, 2.75) is 38.5 Å². The minimum atomic E-state index is 0.257. The number of fused-ring (bicyclic) bond motifs is 3. The fraction of sp³-hybridized carbons (Fsp3) is 0.163. The Labute approximate surface area is 276 Å². The largest absolute Gasteiger partial charge is 0.253 e. The molecule has 0 saturated heterocycles. The molecule has 3 atom stereocenters. The van der Waals surface area contributed by atoms with Gasteiger partial charge >= 0.3 is 0 Å². The number of hydrogen-bond donors (Lipinski definition) is 0. The number of pyridine rings is 1. The van der Waals surface area contributed by atoms with Gasteiger partial charge in [0.05, 0.1) is 5.69 Å². The van der Waals surface area contributed by atoms with E-state index in [9.17, 15) is 0 Å². The van der Waals surface area contributed by atoms with Crippen LogP contribution in [0.3, 0.4) is 0 Å². The van der Waals surface area contributed by atoms with Gasteiger partial charge in [-0.2, -0.15) is 0 Å². The fourth-order valence-electron chi connectivity index (χ4n) is 7.11. The summed E-state index contributed by atoms with van der Waals surface area (Å²) in [6, 6.07) is 31.4. The van der Waals surface area contributed by atoms with Crippen molar-refractivity contribution in [2.24, 2.45) is 5.92 Å². The molecule has 2 heterocycles. The van der Waals surface area contributed by atoms with E-state index in [-0.39, 0.29) is 11.8 Å². The molecular weight excluding hydrogens is 573 g/mol. The molecule has 3 aliphatic carbocycles. The first-order valence-electron chi connectivity index (χ1n) is 16.5. The summed E-state index contributed by atoms with van der Waals surface area (Å²) < 4.78 is 0. The normalized spacial score (nSPS) is 19.7. The Morgan fingerprint density at radius 3 is 2.06 bits per heavy atom. The molecule has 8 rings (SSSR count). The summed E-state index contributed by atoms with van der Waals surface area (Å²) in [5.74, 6) is 3.06. The summed E-state index contributed by atoms with van der Waals surface area (Å²) in [5, 5.41) is 0. The number of nitrogens with zero attached hydrogens (tertiary/aromatic N) is 4. The van der Waals surface area contributed by atoms with Crippen molar-refractivity contribution < 1.29 is 0 Å². The van der Waals surface area contributed by atoms with E-state index in [0.717, 1.165) is 46.7 Å². The van der Waals surface area contributed by atoms with Crippen LogP contribution in [0.4, 0.5) is 0 Å². The zero-order valence-corrected chi connectivity index (χ0v) is 26.7. The molecule has 0 saturated carbocycles. The first-order chi connectivity index (χ1) is 23.1. The van der Waals surface area contributed by atoms with Gasteiger partial charge in [-0.15, -0.1) is 0 Å². The minimum Gasteiger partial charge on any atom is -0.253 e. The topological polar surface area (TPSA) is 51.6 Å². The third kappa shape index (κ3) is 5.61. The van der Waals surface area contributed by atoms with Crippen LogP contribution >= 0.6 is 0 Å². The van der Waals surface area contributed by atoms with E-state index < -0.39 is 0 Å². The Kier molecular flexibility index (Phi) is 7.62. The molecule has 0 aliphatic heterocycles. The molecule has 5 aromatic rings. The first-order valence-corrected chi connectivity index (χ1v) is 16.5. The van der Waals surface area contributed by atoms with Crippen molar-refractivity contribution >= 4 is 6.08 Å². The predicted molar refractivity (Wildman–Crippen MR) is 192 cm³/mol. The van der Waals surface area contributed by atoms with E-state index in [1.165, 1.54) is 27.8 Å². The monoisotopic (exact) mass is 608 g/mol. The molecule has 3 aliphatic rings. The van der Waals surface area contributed by atoms with Crippen molar-refractivity contribution in [1.82, 2.24) is 19.9 Å². The van der Waals surface area contributed by atoms with Crippen LogP contribution < -0.4 is 0 Å². The lowest BCUT2D eigenvalue weighted by Gasteiger charge is -2.24. The van der Waals surface area contributed by atoms with Gasteiger partial charge in [-0.3, -0.25) is 4.98 Å². The van der Waals surface area contributed by atoms with Gasteiger partial charge in [-0.1, -0.05) is 127 Å². The Hall–Kier alpha value is -5.48. The number of hydrogen-bond acceptors (Lipinski definition) is 4. The number of benzene rings is 3. The van der Waals surface area contributed by atoms with Crippen LogP contribution in [0.5, 0.6) is 0 Å². The van der Waals surface area contributed by atoms with Crippen molar-refractivity contribution in [3.8, 4) is 34.2 Å². The van der Waals surface area contributed by atoms with E-state index in [0.29, 0.717) is 17.6 Å². The van der Waals surface area contributed by atoms with Gasteiger partial charge in [0.2, 0.25) is 0 Å². The summed E-state index contributed by atoms with van der Waals surface area (Å²) in [6.45, 7) is 4.16. The van der Waals surface area contributed by atoms with Gasteiger partial charge in [-0.25, -0.2) is 15.0 Å². The van der Waals surface area contributed by atoms with Gasteiger partial charge in [0.25, 0.3) is 0 Å². The third-order valence-electron chi connectivity index (χ3n) is 9.56. The van der Waals surface area contributed by atoms with Crippen LogP contribution in [0.25, 0.3) is 40.2 Å². The molecule has 4 heteroatoms. The summed E-state index contributed by atoms with van der Waals surface area (Å²) in [7, 11) is 0. The lowest BCUT2D eigenvalue weighted by molar-refractivity contribution is 0.627. The van der Waals surface area contributed by atoms with E-state index >= 15 is 0 Å². The van der Waals surface area contributed by atoms with Crippen molar-refractivity contribution in [2.75, 3.05) is 0 Å². The van der Waals surface area contributed by atoms with Crippen LogP contribution in [0, 0.1) is 12.8 Å². The van der Waals surface area contributed by atoms with Gasteiger partial charge in [0.1, 0.15) is 0 Å². The highest BCUT2D eigenvalue weighted by atomic mass is 15.0. The predicted octanol–water partition coefficient (Wildman–Crippen LogP) is 10.0. The molecule has 0 radical (unpaired) electrons. The number of rotatable bonds is 6. The molecular formula is C43H36N4. The highest BCUT2D eigenvalue weighted by Crippen LogP contribution is 2.47. The average Bonchev–Trinajstić information content (AvgIpc) is 3.51. The summed E-state index contributed by atoms with van der Waals surface area (Å²) in [5.41, 5.74) is 11.7. The minimum absolute atomic E-state index is 0.257. The molecule has 228 valence electrons. The van der Waals surface area contributed by atoms with E-state index in [2.05, 4.69) is 110 Å². The van der Waals surface area contributed by atoms with Crippen molar-refractivity contribution in [1.29, 1.82) is 0 Å². The molecule has 0 N–H and O–H groups in total. The molecule has 0 bridgehead atoms. The standard InChI is InChI=1S/C43H36N4/c1-3-11-38-28(2)18-25-39(44-38)30-21-19-29(20-22-30)33-23-24-34-26-35-16-10-17-36(40(35)37(34)27-33)43-46-41(31-12-6-4-7-13-31)45-42(47-43)32-14-8-5-9-15-32/h3-21,23-25,27,30,34,37H,22,26H2,1-2H3/b11-3-. The second kappa shape index (κ2) is 12.4. The molecule has 2 aromatic heterocycles. The number of allylic oxidation sites excluding steroid dienone is 9. The lowest BCUT2D eigenvalue weighted by Crippen LogP contribution is -2.10. The van der Waals surface area contributed by atoms with E-state index in [4.69, 9.17) is 19.9 Å². The molecule has 3 unspecified atom stereocenters. The number of aryl methyl sites for hydroxylation is 1. The zero-order chi connectivity index (χ0) is 31.7. The van der Waals surface area contributed by atoms with Crippen LogP contribution in [-0.2, 0) is 6.42 Å². The maximum Gasteiger partial charge on any atom is 0.164 e. The second-order valence-corrected chi connectivity index (χ2v) is 12.6. The molecule has 0 spiro atoms. The van der Waals surface area contributed by atoms with Gasteiger partial charge in [-0.05, 0) is 72.6 Å². The Morgan fingerprint density at radius 2 is 1.38 bits per heavy atom. The summed E-state index contributed by atoms with van der Waals surface area (Å²) in [6.07, 6.45) is 20.3. The second-order valence-electron chi connectivity index (χ2n) is 12.6. The van der Waals surface area contributed by atoms with Crippen molar-refractivity contribution in [3.63, 3.8) is 0 Å². The fourth-order valence-corrected chi connectivity index (χ4v) is 7.11. The van der Waals surface area contributed by atoms with Crippen molar-refractivity contribution in [3.05, 3.63) is 173 Å². The van der Waals surface area contributed by atoms with Crippen LogP contribution in [0.15, 0.2) is 145 Å². The summed E-state index contributed by atoms with van der Waals surface area (Å²) in [4.78, 5) is 20.1. The van der Waals surface area contributed by atoms with Crippen LogP contribution in [-0.4, -0.2) is 19.9 Å². The number of aromatic nitrogens is 4. The molecule has 47 heavy (non-hydrogen) atoms. The molecule has 0 fully saturated rings. The maximum atomic E-state index is 5.09.